The van der Waals surface area contributed by atoms with Crippen molar-refractivity contribution in [1.82, 2.24) is 10.2 Å². The van der Waals surface area contributed by atoms with Crippen molar-refractivity contribution in [2.75, 3.05) is 13.1 Å². The van der Waals surface area contributed by atoms with Crippen LogP contribution in [0.25, 0.3) is 0 Å². The molecule has 0 aromatic heterocycles. The van der Waals surface area contributed by atoms with E-state index in [0.29, 0.717) is 12.1 Å². The summed E-state index contributed by atoms with van der Waals surface area (Å²) in [6, 6.07) is 7.99. The van der Waals surface area contributed by atoms with Gasteiger partial charge in [0.1, 0.15) is 0 Å². The van der Waals surface area contributed by atoms with Crippen molar-refractivity contribution in [3.63, 3.8) is 0 Å². The highest BCUT2D eigenvalue weighted by Gasteiger charge is 2.11. The maximum absolute atomic E-state index is 3.55. The SMILES string of the molecule is Cc1cc(C)cc(CNCCN(C(C)C)C(C)C)c1. The van der Waals surface area contributed by atoms with Gasteiger partial charge in [0.2, 0.25) is 0 Å². The molecular weight excluding hydrogens is 232 g/mol. The van der Waals surface area contributed by atoms with Crippen molar-refractivity contribution in [1.29, 1.82) is 0 Å². The highest BCUT2D eigenvalue weighted by molar-refractivity contribution is 5.28. The van der Waals surface area contributed by atoms with Crippen LogP contribution in [0.2, 0.25) is 0 Å². The Bertz CT molecular complexity index is 355. The van der Waals surface area contributed by atoms with Crippen LogP contribution in [0.4, 0.5) is 0 Å². The predicted octanol–water partition coefficient (Wildman–Crippen LogP) is 3.51. The summed E-state index contributed by atoms with van der Waals surface area (Å²) in [5.74, 6) is 0. The number of rotatable bonds is 7. The van der Waals surface area contributed by atoms with Gasteiger partial charge in [-0.05, 0) is 47.1 Å². The maximum atomic E-state index is 3.55. The molecule has 0 radical (unpaired) electrons. The molecular formula is C17H30N2. The largest absolute Gasteiger partial charge is 0.311 e. The molecule has 0 saturated heterocycles. The van der Waals surface area contributed by atoms with E-state index >= 15 is 0 Å². The fourth-order valence-corrected chi connectivity index (χ4v) is 2.72. The second-order valence-corrected chi connectivity index (χ2v) is 6.10. The molecule has 0 atom stereocenters. The summed E-state index contributed by atoms with van der Waals surface area (Å²) in [4.78, 5) is 2.52. The molecule has 2 heteroatoms. The molecule has 0 saturated carbocycles. The number of nitrogens with one attached hydrogen (secondary N) is 1. The fraction of sp³-hybridized carbons (Fsp3) is 0.647. The van der Waals surface area contributed by atoms with E-state index in [1.165, 1.54) is 16.7 Å². The Kier molecular flexibility index (Phi) is 6.53. The summed E-state index contributed by atoms with van der Waals surface area (Å²) in [5.41, 5.74) is 4.09. The standard InChI is InChI=1S/C17H30N2/c1-13(2)19(14(3)4)8-7-18-12-17-10-15(5)9-16(6)11-17/h9-11,13-14,18H,7-8,12H2,1-6H3. The van der Waals surface area contributed by atoms with E-state index in [2.05, 4.69) is 70.0 Å². The topological polar surface area (TPSA) is 15.3 Å². The zero-order valence-electron chi connectivity index (χ0n) is 13.5. The predicted molar refractivity (Wildman–Crippen MR) is 84.6 cm³/mol. The van der Waals surface area contributed by atoms with Gasteiger partial charge in [0.25, 0.3) is 0 Å². The molecule has 1 aromatic carbocycles. The lowest BCUT2D eigenvalue weighted by Gasteiger charge is -2.30. The Labute approximate surface area is 119 Å². The monoisotopic (exact) mass is 262 g/mol. The fourth-order valence-electron chi connectivity index (χ4n) is 2.72. The third-order valence-electron chi connectivity index (χ3n) is 3.48. The van der Waals surface area contributed by atoms with E-state index in [0.717, 1.165) is 19.6 Å². The van der Waals surface area contributed by atoms with Gasteiger partial charge in [-0.3, -0.25) is 4.90 Å². The van der Waals surface area contributed by atoms with Crippen LogP contribution in [0.15, 0.2) is 18.2 Å². The van der Waals surface area contributed by atoms with Gasteiger partial charge in [0.05, 0.1) is 0 Å². The Balaban J connectivity index is 2.38. The Hall–Kier alpha value is -0.860. The molecule has 0 bridgehead atoms. The van der Waals surface area contributed by atoms with Crippen LogP contribution in [0.1, 0.15) is 44.4 Å². The van der Waals surface area contributed by atoms with Crippen molar-refractivity contribution in [2.45, 2.75) is 60.2 Å². The van der Waals surface area contributed by atoms with Crippen LogP contribution in [0.5, 0.6) is 0 Å². The highest BCUT2D eigenvalue weighted by Crippen LogP contribution is 2.08. The minimum absolute atomic E-state index is 0.614. The lowest BCUT2D eigenvalue weighted by atomic mass is 10.1. The van der Waals surface area contributed by atoms with E-state index in [9.17, 15) is 0 Å². The molecule has 0 aliphatic rings. The van der Waals surface area contributed by atoms with E-state index < -0.39 is 0 Å². The zero-order chi connectivity index (χ0) is 14.4. The lowest BCUT2D eigenvalue weighted by Crippen LogP contribution is -2.41. The summed E-state index contributed by atoms with van der Waals surface area (Å²) in [6.07, 6.45) is 0. The van der Waals surface area contributed by atoms with Crippen molar-refractivity contribution in [3.8, 4) is 0 Å². The number of hydrogen-bond donors (Lipinski definition) is 1. The van der Waals surface area contributed by atoms with E-state index in [1.807, 2.05) is 0 Å². The normalized spacial score (nSPS) is 11.8. The first-order chi connectivity index (χ1) is 8.90. The molecule has 2 nitrogen and oxygen atoms in total. The third kappa shape index (κ3) is 5.75. The minimum Gasteiger partial charge on any atom is -0.311 e. The molecule has 0 aliphatic carbocycles. The van der Waals surface area contributed by atoms with Crippen molar-refractivity contribution >= 4 is 0 Å². The van der Waals surface area contributed by atoms with Crippen LogP contribution in [0, 0.1) is 13.8 Å². The molecule has 108 valence electrons. The average molecular weight is 262 g/mol. The van der Waals surface area contributed by atoms with Crippen LogP contribution in [-0.2, 0) is 6.54 Å². The number of nitrogens with zero attached hydrogens (tertiary/aromatic N) is 1. The van der Waals surface area contributed by atoms with Crippen LogP contribution in [-0.4, -0.2) is 30.1 Å². The van der Waals surface area contributed by atoms with Gasteiger partial charge >= 0.3 is 0 Å². The lowest BCUT2D eigenvalue weighted by molar-refractivity contribution is 0.176. The smallest absolute Gasteiger partial charge is 0.0206 e. The van der Waals surface area contributed by atoms with E-state index in [4.69, 9.17) is 0 Å². The van der Waals surface area contributed by atoms with E-state index in [-0.39, 0.29) is 0 Å². The highest BCUT2D eigenvalue weighted by atomic mass is 15.2. The Morgan fingerprint density at radius 2 is 1.47 bits per heavy atom. The molecule has 0 aliphatic heterocycles. The third-order valence-corrected chi connectivity index (χ3v) is 3.48. The number of hydrogen-bond acceptors (Lipinski definition) is 2. The van der Waals surface area contributed by atoms with Gasteiger partial charge < -0.3 is 5.32 Å². The number of benzene rings is 1. The first-order valence-corrected chi connectivity index (χ1v) is 7.43. The summed E-state index contributed by atoms with van der Waals surface area (Å²) >= 11 is 0. The molecule has 19 heavy (non-hydrogen) atoms. The van der Waals surface area contributed by atoms with Gasteiger partial charge in [-0.15, -0.1) is 0 Å². The summed E-state index contributed by atoms with van der Waals surface area (Å²) < 4.78 is 0. The maximum Gasteiger partial charge on any atom is 0.0206 e. The van der Waals surface area contributed by atoms with Crippen molar-refractivity contribution in [3.05, 3.63) is 34.9 Å². The Morgan fingerprint density at radius 1 is 0.947 bits per heavy atom. The van der Waals surface area contributed by atoms with Gasteiger partial charge in [0.15, 0.2) is 0 Å². The first kappa shape index (κ1) is 16.2. The molecule has 0 amide bonds. The van der Waals surface area contributed by atoms with Crippen LogP contribution in [0.3, 0.4) is 0 Å². The molecule has 0 fully saturated rings. The van der Waals surface area contributed by atoms with Crippen LogP contribution < -0.4 is 5.32 Å². The van der Waals surface area contributed by atoms with Crippen molar-refractivity contribution in [2.24, 2.45) is 0 Å². The van der Waals surface area contributed by atoms with Gasteiger partial charge in [-0.1, -0.05) is 29.3 Å². The quantitative estimate of drug-likeness (QED) is 0.757. The van der Waals surface area contributed by atoms with Gasteiger partial charge in [-0.25, -0.2) is 0 Å². The summed E-state index contributed by atoms with van der Waals surface area (Å²) in [6.45, 7) is 16.5. The van der Waals surface area contributed by atoms with E-state index in [1.54, 1.807) is 0 Å². The molecule has 0 spiro atoms. The second kappa shape index (κ2) is 7.66. The van der Waals surface area contributed by atoms with Crippen LogP contribution >= 0.6 is 0 Å². The second-order valence-electron chi connectivity index (χ2n) is 6.10. The van der Waals surface area contributed by atoms with Crippen molar-refractivity contribution < 1.29 is 0 Å². The number of aryl methyl sites for hydroxylation is 2. The minimum atomic E-state index is 0.614. The average Bonchev–Trinajstić information content (AvgIpc) is 2.26. The summed E-state index contributed by atoms with van der Waals surface area (Å²) in [5, 5.41) is 3.55. The first-order valence-electron chi connectivity index (χ1n) is 7.43. The molecule has 1 N–H and O–H groups in total. The van der Waals surface area contributed by atoms with Gasteiger partial charge in [-0.2, -0.15) is 0 Å². The Morgan fingerprint density at radius 3 is 1.95 bits per heavy atom. The zero-order valence-corrected chi connectivity index (χ0v) is 13.5. The molecule has 0 heterocycles. The molecule has 1 rings (SSSR count). The van der Waals surface area contributed by atoms with Gasteiger partial charge in [0, 0.05) is 31.7 Å². The molecule has 0 unspecified atom stereocenters. The summed E-state index contributed by atoms with van der Waals surface area (Å²) in [7, 11) is 0. The molecule has 1 aromatic rings.